The van der Waals surface area contributed by atoms with Crippen molar-refractivity contribution in [2.24, 2.45) is 5.92 Å². The lowest BCUT2D eigenvalue weighted by Crippen LogP contribution is -2.35. The molecule has 1 aromatic rings. The van der Waals surface area contributed by atoms with Crippen molar-refractivity contribution in [3.8, 4) is 0 Å². The number of rotatable bonds is 3. The molecule has 0 spiro atoms. The molecule has 1 amide bonds. The highest BCUT2D eigenvalue weighted by atomic mass is 16.6. The minimum atomic E-state index is -1.10. The van der Waals surface area contributed by atoms with E-state index in [1.165, 1.54) is 4.90 Å². The molecule has 1 aliphatic heterocycles. The highest BCUT2D eigenvalue weighted by Gasteiger charge is 2.27. The van der Waals surface area contributed by atoms with Crippen LogP contribution in [0.2, 0.25) is 0 Å². The van der Waals surface area contributed by atoms with Crippen molar-refractivity contribution in [3.05, 3.63) is 35.9 Å². The molecule has 1 fully saturated rings. The number of hydrogen-bond donors (Lipinski definition) is 0. The van der Waals surface area contributed by atoms with Gasteiger partial charge in [0.05, 0.1) is 0 Å². The quantitative estimate of drug-likeness (QED) is 0.776. The third-order valence-electron chi connectivity index (χ3n) is 2.98. The average molecular weight is 248 g/mol. The van der Waals surface area contributed by atoms with Gasteiger partial charge in [0.25, 0.3) is 0 Å². The largest absolute Gasteiger partial charge is 0.550 e. The molecule has 5 nitrogen and oxygen atoms in total. The first-order chi connectivity index (χ1) is 8.66. The topological polar surface area (TPSA) is 69.7 Å². The number of likely N-dealkylation sites (tertiary alicyclic amines) is 1. The number of carbonyl (C=O) groups is 2. The number of aliphatic carboxylic acids is 1. The number of carboxylic acids is 1. The summed E-state index contributed by atoms with van der Waals surface area (Å²) in [5.74, 6) is -1.68. The number of ether oxygens (including phenoxy) is 1. The van der Waals surface area contributed by atoms with Gasteiger partial charge >= 0.3 is 6.09 Å². The van der Waals surface area contributed by atoms with E-state index in [-0.39, 0.29) is 13.2 Å². The number of amides is 1. The van der Waals surface area contributed by atoms with Crippen LogP contribution in [0.3, 0.4) is 0 Å². The molecule has 0 aromatic heterocycles. The fourth-order valence-electron chi connectivity index (χ4n) is 1.93. The van der Waals surface area contributed by atoms with Crippen molar-refractivity contribution in [2.75, 3.05) is 13.1 Å². The van der Waals surface area contributed by atoms with Crippen molar-refractivity contribution in [3.63, 3.8) is 0 Å². The fourth-order valence-corrected chi connectivity index (χ4v) is 1.93. The van der Waals surface area contributed by atoms with Crippen molar-refractivity contribution in [1.29, 1.82) is 0 Å². The first-order valence-corrected chi connectivity index (χ1v) is 5.83. The molecule has 0 N–H and O–H groups in total. The van der Waals surface area contributed by atoms with Crippen molar-refractivity contribution in [2.45, 2.75) is 13.0 Å². The van der Waals surface area contributed by atoms with E-state index in [1.54, 1.807) is 0 Å². The second-order valence-corrected chi connectivity index (χ2v) is 4.29. The minimum absolute atomic E-state index is 0.177. The normalized spacial score (nSPS) is 18.7. The fraction of sp³-hybridized carbons (Fsp3) is 0.385. The zero-order chi connectivity index (χ0) is 13.0. The van der Waals surface area contributed by atoms with E-state index >= 15 is 0 Å². The summed E-state index contributed by atoms with van der Waals surface area (Å²) in [7, 11) is 0. The SMILES string of the molecule is O=C([O-])C1CCN(C(=O)OCc2ccccc2)C1. The van der Waals surface area contributed by atoms with Gasteiger partial charge in [-0.25, -0.2) is 4.79 Å². The third-order valence-corrected chi connectivity index (χ3v) is 2.98. The summed E-state index contributed by atoms with van der Waals surface area (Å²) in [4.78, 5) is 23.7. The van der Waals surface area contributed by atoms with Gasteiger partial charge < -0.3 is 19.5 Å². The Hall–Kier alpha value is -2.04. The number of carboxylic acid groups (broad SMARTS) is 1. The summed E-state index contributed by atoms with van der Waals surface area (Å²) < 4.78 is 5.11. The van der Waals surface area contributed by atoms with Gasteiger partial charge in [-0.3, -0.25) is 0 Å². The van der Waals surface area contributed by atoms with Gasteiger partial charge in [-0.15, -0.1) is 0 Å². The number of hydrogen-bond acceptors (Lipinski definition) is 4. The number of carbonyl (C=O) groups excluding carboxylic acids is 2. The molecule has 2 rings (SSSR count). The standard InChI is InChI=1S/C13H15NO4/c15-12(16)11-6-7-14(8-11)13(17)18-9-10-4-2-1-3-5-10/h1-5,11H,6-9H2,(H,15,16)/p-1. The molecule has 18 heavy (non-hydrogen) atoms. The summed E-state index contributed by atoms with van der Waals surface area (Å²) in [5, 5.41) is 10.7. The Balaban J connectivity index is 1.81. The Morgan fingerprint density at radius 2 is 2.06 bits per heavy atom. The van der Waals surface area contributed by atoms with Crippen LogP contribution in [0.15, 0.2) is 30.3 Å². The smallest absolute Gasteiger partial charge is 0.410 e. The highest BCUT2D eigenvalue weighted by Crippen LogP contribution is 2.16. The van der Waals surface area contributed by atoms with Crippen LogP contribution < -0.4 is 5.11 Å². The maximum atomic E-state index is 11.7. The molecule has 0 saturated carbocycles. The van der Waals surface area contributed by atoms with Crippen LogP contribution in [0, 0.1) is 5.92 Å². The lowest BCUT2D eigenvalue weighted by molar-refractivity contribution is -0.310. The van der Waals surface area contributed by atoms with E-state index in [4.69, 9.17) is 4.74 Å². The molecule has 96 valence electrons. The zero-order valence-corrected chi connectivity index (χ0v) is 9.87. The molecular weight excluding hydrogens is 234 g/mol. The predicted molar refractivity (Wildman–Crippen MR) is 61.3 cm³/mol. The monoisotopic (exact) mass is 248 g/mol. The molecule has 1 atom stereocenters. The van der Waals surface area contributed by atoms with Crippen LogP contribution in [0.25, 0.3) is 0 Å². The lowest BCUT2D eigenvalue weighted by Gasteiger charge is -2.16. The van der Waals surface area contributed by atoms with E-state index in [1.807, 2.05) is 30.3 Å². The van der Waals surface area contributed by atoms with Crippen LogP contribution in [0.5, 0.6) is 0 Å². The molecule has 1 aromatic carbocycles. The Kier molecular flexibility index (Phi) is 3.82. The van der Waals surface area contributed by atoms with Crippen LogP contribution in [0.4, 0.5) is 4.79 Å². The molecular formula is C13H14NO4-. The van der Waals surface area contributed by atoms with Gasteiger partial charge in [-0.2, -0.15) is 0 Å². The summed E-state index contributed by atoms with van der Waals surface area (Å²) in [6.45, 7) is 0.786. The Bertz CT molecular complexity index is 432. The molecule has 1 saturated heterocycles. The Morgan fingerprint density at radius 1 is 1.33 bits per heavy atom. The van der Waals surface area contributed by atoms with Gasteiger partial charge in [-0.1, -0.05) is 30.3 Å². The third kappa shape index (κ3) is 3.00. The van der Waals surface area contributed by atoms with E-state index < -0.39 is 18.0 Å². The second kappa shape index (κ2) is 5.53. The van der Waals surface area contributed by atoms with Crippen LogP contribution >= 0.6 is 0 Å². The molecule has 0 radical (unpaired) electrons. The average Bonchev–Trinajstić information content (AvgIpc) is 2.87. The first-order valence-electron chi connectivity index (χ1n) is 5.83. The van der Waals surface area contributed by atoms with Gasteiger partial charge in [0.1, 0.15) is 6.61 Å². The molecule has 0 aliphatic carbocycles. The Morgan fingerprint density at radius 3 is 2.67 bits per heavy atom. The highest BCUT2D eigenvalue weighted by molar-refractivity contribution is 5.72. The molecule has 1 heterocycles. The van der Waals surface area contributed by atoms with Crippen LogP contribution in [-0.2, 0) is 16.1 Å². The van der Waals surface area contributed by atoms with E-state index in [0.717, 1.165) is 5.56 Å². The van der Waals surface area contributed by atoms with Crippen molar-refractivity contribution in [1.82, 2.24) is 4.90 Å². The van der Waals surface area contributed by atoms with E-state index in [2.05, 4.69) is 0 Å². The maximum Gasteiger partial charge on any atom is 0.410 e. The zero-order valence-electron chi connectivity index (χ0n) is 9.87. The lowest BCUT2D eigenvalue weighted by atomic mass is 10.1. The van der Waals surface area contributed by atoms with Gasteiger partial charge in [-0.05, 0) is 12.0 Å². The van der Waals surface area contributed by atoms with Crippen molar-refractivity contribution >= 4 is 12.1 Å². The van der Waals surface area contributed by atoms with Crippen LogP contribution in [0.1, 0.15) is 12.0 Å². The second-order valence-electron chi connectivity index (χ2n) is 4.29. The number of benzene rings is 1. The van der Waals surface area contributed by atoms with E-state index in [0.29, 0.717) is 13.0 Å². The Labute approximate surface area is 105 Å². The maximum absolute atomic E-state index is 11.7. The van der Waals surface area contributed by atoms with Gasteiger partial charge in [0, 0.05) is 25.0 Å². The number of nitrogens with zero attached hydrogens (tertiary/aromatic N) is 1. The van der Waals surface area contributed by atoms with Crippen molar-refractivity contribution < 1.29 is 19.4 Å². The summed E-state index contributed by atoms with van der Waals surface area (Å²) >= 11 is 0. The van der Waals surface area contributed by atoms with Gasteiger partial charge in [0.2, 0.25) is 0 Å². The van der Waals surface area contributed by atoms with Crippen LogP contribution in [-0.4, -0.2) is 30.1 Å². The summed E-state index contributed by atoms with van der Waals surface area (Å²) in [5.41, 5.74) is 0.904. The predicted octanol–water partition coefficient (Wildman–Crippen LogP) is 0.395. The summed E-state index contributed by atoms with van der Waals surface area (Å²) in [6, 6.07) is 9.34. The summed E-state index contributed by atoms with van der Waals surface area (Å²) in [6.07, 6.45) is -0.0365. The minimum Gasteiger partial charge on any atom is -0.550 e. The first kappa shape index (κ1) is 12.4. The molecule has 5 heteroatoms. The van der Waals surface area contributed by atoms with E-state index in [9.17, 15) is 14.7 Å². The molecule has 0 bridgehead atoms. The van der Waals surface area contributed by atoms with Gasteiger partial charge in [0.15, 0.2) is 0 Å². The molecule has 1 aliphatic rings. The molecule has 1 unspecified atom stereocenters.